The first kappa shape index (κ1) is 18.0. The number of ether oxygens (including phenoxy) is 1. The highest BCUT2D eigenvalue weighted by Gasteiger charge is 2.44. The lowest BCUT2D eigenvalue weighted by atomic mass is 9.69. The third-order valence-corrected chi connectivity index (χ3v) is 6.69. The molecule has 2 aliphatic heterocycles. The van der Waals surface area contributed by atoms with Crippen molar-refractivity contribution in [3.05, 3.63) is 35.9 Å². The van der Waals surface area contributed by atoms with Crippen LogP contribution in [-0.4, -0.2) is 49.7 Å². The van der Waals surface area contributed by atoms with Crippen molar-refractivity contribution in [1.29, 1.82) is 0 Å². The van der Waals surface area contributed by atoms with Gasteiger partial charge in [0, 0.05) is 19.6 Å². The van der Waals surface area contributed by atoms with E-state index in [4.69, 9.17) is 4.74 Å². The molecule has 3 fully saturated rings. The molecular formula is C22H32N2O2. The summed E-state index contributed by atoms with van der Waals surface area (Å²) in [4.78, 5) is 14.9. The fourth-order valence-electron chi connectivity index (χ4n) is 4.61. The largest absolute Gasteiger partial charge is 0.379 e. The van der Waals surface area contributed by atoms with Crippen LogP contribution in [0.3, 0.4) is 0 Å². The van der Waals surface area contributed by atoms with Gasteiger partial charge in [-0.1, -0.05) is 30.3 Å². The van der Waals surface area contributed by atoms with Gasteiger partial charge in [0.25, 0.3) is 0 Å². The van der Waals surface area contributed by atoms with E-state index in [2.05, 4.69) is 40.5 Å². The highest BCUT2D eigenvalue weighted by Crippen LogP contribution is 2.41. The Morgan fingerprint density at radius 2 is 1.92 bits per heavy atom. The van der Waals surface area contributed by atoms with Crippen molar-refractivity contribution in [2.24, 2.45) is 11.3 Å². The molecule has 0 radical (unpaired) electrons. The monoisotopic (exact) mass is 356 g/mol. The Morgan fingerprint density at radius 1 is 1.15 bits per heavy atom. The molecule has 142 valence electrons. The molecule has 0 bridgehead atoms. The smallest absolute Gasteiger partial charge is 0.220 e. The van der Waals surface area contributed by atoms with Gasteiger partial charge in [-0.15, -0.1) is 0 Å². The Morgan fingerprint density at radius 3 is 2.65 bits per heavy atom. The second-order valence-corrected chi connectivity index (χ2v) is 8.53. The van der Waals surface area contributed by atoms with E-state index < -0.39 is 0 Å². The zero-order chi connectivity index (χ0) is 17.8. The average Bonchev–Trinajstić information content (AvgIpc) is 3.48. The normalized spacial score (nSPS) is 25.9. The maximum atomic E-state index is 12.3. The van der Waals surface area contributed by atoms with Gasteiger partial charge >= 0.3 is 0 Å². The van der Waals surface area contributed by atoms with Crippen LogP contribution in [0.15, 0.2) is 30.3 Å². The summed E-state index contributed by atoms with van der Waals surface area (Å²) < 4.78 is 5.73. The van der Waals surface area contributed by atoms with Gasteiger partial charge in [0.05, 0.1) is 12.6 Å². The van der Waals surface area contributed by atoms with E-state index in [0.717, 1.165) is 45.5 Å². The molecule has 1 aliphatic carbocycles. The van der Waals surface area contributed by atoms with Gasteiger partial charge in [0.15, 0.2) is 0 Å². The van der Waals surface area contributed by atoms with Crippen LogP contribution in [0.4, 0.5) is 0 Å². The van der Waals surface area contributed by atoms with E-state index >= 15 is 0 Å². The number of piperidine rings is 1. The van der Waals surface area contributed by atoms with Gasteiger partial charge in [-0.3, -0.25) is 4.79 Å². The zero-order valence-corrected chi connectivity index (χ0v) is 15.8. The Labute approximate surface area is 157 Å². The fraction of sp³-hybridized carbons (Fsp3) is 0.682. The molecule has 4 heteroatoms. The number of nitrogens with one attached hydrogen (secondary N) is 1. The Bertz CT molecular complexity index is 591. The summed E-state index contributed by atoms with van der Waals surface area (Å²) in [7, 11) is 0. The molecule has 1 N–H and O–H groups in total. The van der Waals surface area contributed by atoms with E-state index in [1.807, 2.05) is 0 Å². The van der Waals surface area contributed by atoms with Crippen LogP contribution in [0.5, 0.6) is 0 Å². The number of carbonyl (C=O) groups is 1. The van der Waals surface area contributed by atoms with Gasteiger partial charge in [-0.2, -0.15) is 0 Å². The number of likely N-dealkylation sites (tertiary alicyclic amines) is 1. The van der Waals surface area contributed by atoms with Gasteiger partial charge in [-0.05, 0) is 68.5 Å². The molecule has 26 heavy (non-hydrogen) atoms. The summed E-state index contributed by atoms with van der Waals surface area (Å²) in [6.07, 6.45) is 7.76. The second kappa shape index (κ2) is 8.10. The molecule has 1 aromatic rings. The van der Waals surface area contributed by atoms with E-state index in [0.29, 0.717) is 12.5 Å². The SMILES string of the molecule is O=C(CC1CC1)N[C@@H]1COCCC12CCN(CCc1ccccc1)CC2. The van der Waals surface area contributed by atoms with E-state index in [-0.39, 0.29) is 17.4 Å². The van der Waals surface area contributed by atoms with Gasteiger partial charge in [0.2, 0.25) is 5.91 Å². The molecule has 1 atom stereocenters. The van der Waals surface area contributed by atoms with Crippen molar-refractivity contribution in [2.45, 2.75) is 51.0 Å². The summed E-state index contributed by atoms with van der Waals surface area (Å²) in [5, 5.41) is 3.34. The lowest BCUT2D eigenvalue weighted by molar-refractivity contribution is -0.127. The molecule has 2 saturated heterocycles. The molecule has 2 heterocycles. The van der Waals surface area contributed by atoms with Crippen molar-refractivity contribution in [2.75, 3.05) is 32.8 Å². The summed E-state index contributed by atoms with van der Waals surface area (Å²) in [6.45, 7) is 4.96. The predicted molar refractivity (Wildman–Crippen MR) is 103 cm³/mol. The first-order valence-corrected chi connectivity index (χ1v) is 10.4. The maximum Gasteiger partial charge on any atom is 0.220 e. The summed E-state index contributed by atoms with van der Waals surface area (Å²) >= 11 is 0. The molecule has 4 rings (SSSR count). The molecule has 0 unspecified atom stereocenters. The molecule has 1 saturated carbocycles. The van der Waals surface area contributed by atoms with Crippen LogP contribution in [0, 0.1) is 11.3 Å². The minimum absolute atomic E-state index is 0.207. The number of hydrogen-bond acceptors (Lipinski definition) is 3. The Kier molecular flexibility index (Phi) is 5.60. The van der Waals surface area contributed by atoms with Crippen LogP contribution < -0.4 is 5.32 Å². The number of benzene rings is 1. The topological polar surface area (TPSA) is 41.6 Å². The number of nitrogens with zero attached hydrogens (tertiary/aromatic N) is 1. The van der Waals surface area contributed by atoms with Crippen molar-refractivity contribution in [3.8, 4) is 0 Å². The fourth-order valence-corrected chi connectivity index (χ4v) is 4.61. The van der Waals surface area contributed by atoms with Gasteiger partial charge in [0.1, 0.15) is 0 Å². The van der Waals surface area contributed by atoms with E-state index in [9.17, 15) is 4.79 Å². The van der Waals surface area contributed by atoms with Gasteiger partial charge < -0.3 is 15.0 Å². The highest BCUT2D eigenvalue weighted by atomic mass is 16.5. The van der Waals surface area contributed by atoms with Crippen LogP contribution in [0.1, 0.15) is 44.1 Å². The minimum Gasteiger partial charge on any atom is -0.379 e. The van der Waals surface area contributed by atoms with E-state index in [1.54, 1.807) is 0 Å². The first-order valence-electron chi connectivity index (χ1n) is 10.4. The predicted octanol–water partition coefficient (Wildman–Crippen LogP) is 3.02. The third-order valence-electron chi connectivity index (χ3n) is 6.69. The molecule has 1 amide bonds. The average molecular weight is 357 g/mol. The molecule has 1 spiro atoms. The molecule has 3 aliphatic rings. The number of rotatable bonds is 6. The maximum absolute atomic E-state index is 12.3. The lowest BCUT2D eigenvalue weighted by Crippen LogP contribution is -2.57. The lowest BCUT2D eigenvalue weighted by Gasteiger charge is -2.49. The van der Waals surface area contributed by atoms with Crippen molar-refractivity contribution in [1.82, 2.24) is 10.2 Å². The Balaban J connectivity index is 1.29. The standard InChI is InChI=1S/C22H32N2O2/c25-21(16-19-6-7-19)23-20-17-26-15-11-22(20)9-13-24(14-10-22)12-8-18-4-2-1-3-5-18/h1-5,19-20H,6-17H2,(H,23,25)/t20-/m1/s1. The van der Waals surface area contributed by atoms with Crippen LogP contribution in [0.25, 0.3) is 0 Å². The molecular weight excluding hydrogens is 324 g/mol. The quantitative estimate of drug-likeness (QED) is 0.852. The van der Waals surface area contributed by atoms with Crippen LogP contribution in [0.2, 0.25) is 0 Å². The Hall–Kier alpha value is -1.39. The molecule has 1 aromatic carbocycles. The number of hydrogen-bond donors (Lipinski definition) is 1. The second-order valence-electron chi connectivity index (χ2n) is 8.53. The van der Waals surface area contributed by atoms with E-state index in [1.165, 1.54) is 31.2 Å². The van der Waals surface area contributed by atoms with Crippen molar-refractivity contribution < 1.29 is 9.53 Å². The molecule has 0 aromatic heterocycles. The van der Waals surface area contributed by atoms with Crippen molar-refractivity contribution in [3.63, 3.8) is 0 Å². The third kappa shape index (κ3) is 4.47. The zero-order valence-electron chi connectivity index (χ0n) is 15.8. The van der Waals surface area contributed by atoms with Crippen LogP contribution in [-0.2, 0) is 16.0 Å². The highest BCUT2D eigenvalue weighted by molar-refractivity contribution is 5.77. The number of carbonyl (C=O) groups excluding carboxylic acids is 1. The summed E-state index contributed by atoms with van der Waals surface area (Å²) in [5.74, 6) is 0.893. The number of amides is 1. The van der Waals surface area contributed by atoms with Gasteiger partial charge in [-0.25, -0.2) is 0 Å². The first-order chi connectivity index (χ1) is 12.7. The van der Waals surface area contributed by atoms with Crippen molar-refractivity contribution >= 4 is 5.91 Å². The summed E-state index contributed by atoms with van der Waals surface area (Å²) in [5.41, 5.74) is 1.67. The minimum atomic E-state index is 0.207. The molecule has 4 nitrogen and oxygen atoms in total. The summed E-state index contributed by atoms with van der Waals surface area (Å²) in [6, 6.07) is 11.0. The van der Waals surface area contributed by atoms with Crippen LogP contribution >= 0.6 is 0 Å².